The molecule has 0 amide bonds. The molecular formula is C22H18O4. The largest absolute Gasteiger partial charge is 0.508 e. The predicted molar refractivity (Wildman–Crippen MR) is 99.3 cm³/mol. The van der Waals surface area contributed by atoms with Crippen LogP contribution in [0.1, 0.15) is 16.7 Å². The van der Waals surface area contributed by atoms with Crippen molar-refractivity contribution >= 4 is 11.9 Å². The lowest BCUT2D eigenvalue weighted by molar-refractivity contribution is -0.109. The second-order valence-electron chi connectivity index (χ2n) is 6.36. The molecule has 1 aliphatic heterocycles. The number of ether oxygens (including phenoxy) is 2. The molecule has 1 aliphatic carbocycles. The number of rotatable bonds is 3. The minimum absolute atomic E-state index is 0.136. The maximum atomic E-state index is 11.2. The van der Waals surface area contributed by atoms with E-state index in [9.17, 15) is 9.90 Å². The number of aryl methyl sites for hydroxylation is 1. The van der Waals surface area contributed by atoms with E-state index in [2.05, 4.69) is 0 Å². The molecule has 26 heavy (non-hydrogen) atoms. The van der Waals surface area contributed by atoms with Crippen LogP contribution in [0.5, 0.6) is 17.2 Å². The first-order valence-corrected chi connectivity index (χ1v) is 8.37. The summed E-state index contributed by atoms with van der Waals surface area (Å²) in [6.45, 7) is 2.03. The Hall–Kier alpha value is -3.27. The smallest absolute Gasteiger partial charge is 0.138 e. The van der Waals surface area contributed by atoms with E-state index in [4.69, 9.17) is 9.47 Å². The highest BCUT2D eigenvalue weighted by atomic mass is 16.5. The van der Waals surface area contributed by atoms with Crippen LogP contribution in [-0.2, 0) is 4.79 Å². The molecule has 1 N–H and O–H groups in total. The first kappa shape index (κ1) is 16.2. The van der Waals surface area contributed by atoms with Gasteiger partial charge in [-0.25, -0.2) is 0 Å². The molecule has 130 valence electrons. The van der Waals surface area contributed by atoms with E-state index >= 15 is 0 Å². The number of fused-ring (bicyclic) bond motifs is 2. The Balaban J connectivity index is 1.98. The molecule has 0 fully saturated rings. The number of aromatic hydroxyl groups is 1. The third-order valence-electron chi connectivity index (χ3n) is 4.68. The number of methoxy groups -OCH3 is 1. The van der Waals surface area contributed by atoms with Gasteiger partial charge in [0.15, 0.2) is 0 Å². The Morgan fingerprint density at radius 2 is 1.96 bits per heavy atom. The van der Waals surface area contributed by atoms with Crippen LogP contribution in [0.4, 0.5) is 0 Å². The van der Waals surface area contributed by atoms with Gasteiger partial charge in [-0.2, -0.15) is 0 Å². The van der Waals surface area contributed by atoms with Crippen LogP contribution in [-0.4, -0.2) is 18.5 Å². The maximum absolute atomic E-state index is 11.2. The summed E-state index contributed by atoms with van der Waals surface area (Å²) in [5.41, 5.74) is 4.96. The van der Waals surface area contributed by atoms with Crippen LogP contribution in [0.25, 0.3) is 5.57 Å². The molecule has 1 atom stereocenters. The molecule has 4 rings (SSSR count). The number of carbonyl (C=O) groups is 1. The highest BCUT2D eigenvalue weighted by Crippen LogP contribution is 2.45. The van der Waals surface area contributed by atoms with Gasteiger partial charge in [-0.15, -0.1) is 0 Å². The first-order valence-electron chi connectivity index (χ1n) is 8.37. The van der Waals surface area contributed by atoms with Crippen molar-refractivity contribution < 1.29 is 19.4 Å². The molecule has 1 unspecified atom stereocenters. The third kappa shape index (κ3) is 2.60. The molecule has 0 spiro atoms. The number of allylic oxidation sites excluding steroid dienone is 3. The summed E-state index contributed by atoms with van der Waals surface area (Å²) in [4.78, 5) is 11.2. The second-order valence-corrected chi connectivity index (χ2v) is 6.36. The van der Waals surface area contributed by atoms with Gasteiger partial charge in [0.2, 0.25) is 0 Å². The minimum atomic E-state index is -0.314. The van der Waals surface area contributed by atoms with Crippen LogP contribution in [0, 0.1) is 12.8 Å². The lowest BCUT2D eigenvalue weighted by atomic mass is 9.84. The van der Waals surface area contributed by atoms with Crippen molar-refractivity contribution in [3.05, 3.63) is 82.6 Å². The first-order chi connectivity index (χ1) is 12.6. The van der Waals surface area contributed by atoms with E-state index in [0.29, 0.717) is 11.5 Å². The van der Waals surface area contributed by atoms with Gasteiger partial charge in [0.05, 0.1) is 13.0 Å². The highest BCUT2D eigenvalue weighted by molar-refractivity contribution is 5.92. The van der Waals surface area contributed by atoms with Gasteiger partial charge < -0.3 is 19.4 Å². The zero-order valence-corrected chi connectivity index (χ0v) is 14.5. The van der Waals surface area contributed by atoms with Crippen molar-refractivity contribution in [3.63, 3.8) is 0 Å². The zero-order chi connectivity index (χ0) is 18.3. The van der Waals surface area contributed by atoms with Crippen molar-refractivity contribution in [1.82, 2.24) is 0 Å². The summed E-state index contributed by atoms with van der Waals surface area (Å²) in [7, 11) is 1.65. The maximum Gasteiger partial charge on any atom is 0.138 e. The number of aldehydes is 1. The van der Waals surface area contributed by atoms with Gasteiger partial charge in [-0.3, -0.25) is 0 Å². The van der Waals surface area contributed by atoms with Gasteiger partial charge in [-0.1, -0.05) is 18.2 Å². The Morgan fingerprint density at radius 3 is 2.69 bits per heavy atom. The molecule has 1 heterocycles. The van der Waals surface area contributed by atoms with Gasteiger partial charge in [0, 0.05) is 22.8 Å². The van der Waals surface area contributed by atoms with Crippen molar-refractivity contribution in [1.29, 1.82) is 0 Å². The molecule has 0 bridgehead atoms. The van der Waals surface area contributed by atoms with Gasteiger partial charge >= 0.3 is 0 Å². The summed E-state index contributed by atoms with van der Waals surface area (Å²) >= 11 is 0. The second kappa shape index (κ2) is 6.23. The average Bonchev–Trinajstić information content (AvgIpc) is 2.65. The molecule has 4 heteroatoms. The SMILES string of the molecule is COc1ccc(C2=C3C=CC(C=O)C=C3Oc3cc(O)ccc32)c(C)c1. The van der Waals surface area contributed by atoms with Gasteiger partial charge in [-0.05, 0) is 48.4 Å². The van der Waals surface area contributed by atoms with Gasteiger partial charge in [0.25, 0.3) is 0 Å². The van der Waals surface area contributed by atoms with Crippen LogP contribution < -0.4 is 9.47 Å². The normalized spacial score (nSPS) is 17.8. The lowest BCUT2D eigenvalue weighted by Gasteiger charge is -2.28. The predicted octanol–water partition coefficient (Wildman–Crippen LogP) is 4.17. The molecule has 2 aliphatic rings. The van der Waals surface area contributed by atoms with Crippen molar-refractivity contribution in [2.75, 3.05) is 7.11 Å². The summed E-state index contributed by atoms with van der Waals surface area (Å²) in [6, 6.07) is 11.0. The van der Waals surface area contributed by atoms with Crippen molar-refractivity contribution in [2.45, 2.75) is 6.92 Å². The Morgan fingerprint density at radius 1 is 1.15 bits per heavy atom. The molecule has 2 aromatic rings. The van der Waals surface area contributed by atoms with E-state index in [1.807, 2.05) is 43.3 Å². The molecule has 0 aromatic heterocycles. The van der Waals surface area contributed by atoms with E-state index in [0.717, 1.165) is 39.9 Å². The van der Waals surface area contributed by atoms with E-state index in [1.54, 1.807) is 25.3 Å². The quantitative estimate of drug-likeness (QED) is 0.848. The Bertz CT molecular complexity index is 995. The fourth-order valence-electron chi connectivity index (χ4n) is 3.39. The van der Waals surface area contributed by atoms with E-state index < -0.39 is 0 Å². The fourth-order valence-corrected chi connectivity index (χ4v) is 3.39. The molecule has 0 radical (unpaired) electrons. The standard InChI is InChI=1S/C22H18O4/c1-13-9-16(25-2)5-8-17(13)22-18-6-3-14(12-23)10-20(18)26-21-11-15(24)4-7-19(21)22/h3-12,14,24H,1-2H3. The molecule has 2 aromatic carbocycles. The topological polar surface area (TPSA) is 55.8 Å². The van der Waals surface area contributed by atoms with Crippen LogP contribution in [0.2, 0.25) is 0 Å². The number of hydrogen-bond donors (Lipinski definition) is 1. The Labute approximate surface area is 151 Å². The zero-order valence-electron chi connectivity index (χ0n) is 14.5. The molecule has 0 saturated carbocycles. The van der Waals surface area contributed by atoms with Crippen LogP contribution >= 0.6 is 0 Å². The highest BCUT2D eigenvalue weighted by Gasteiger charge is 2.28. The summed E-state index contributed by atoms with van der Waals surface area (Å²) in [5, 5.41) is 9.86. The average molecular weight is 346 g/mol. The number of benzene rings is 2. The van der Waals surface area contributed by atoms with Crippen LogP contribution in [0.3, 0.4) is 0 Å². The molecular weight excluding hydrogens is 328 g/mol. The van der Waals surface area contributed by atoms with Crippen molar-refractivity contribution in [2.24, 2.45) is 5.92 Å². The Kier molecular flexibility index (Phi) is 3.88. The number of phenolic OH excluding ortho intramolecular Hbond substituents is 1. The fraction of sp³-hybridized carbons (Fsp3) is 0.136. The lowest BCUT2D eigenvalue weighted by Crippen LogP contribution is -2.14. The van der Waals surface area contributed by atoms with Crippen molar-refractivity contribution in [3.8, 4) is 17.2 Å². The minimum Gasteiger partial charge on any atom is -0.508 e. The summed E-state index contributed by atoms with van der Waals surface area (Å²) in [6.07, 6.45) is 6.47. The number of carbonyl (C=O) groups excluding carboxylic acids is 1. The summed E-state index contributed by atoms with van der Waals surface area (Å²) < 4.78 is 11.3. The number of phenols is 1. The third-order valence-corrected chi connectivity index (χ3v) is 4.68. The van der Waals surface area contributed by atoms with E-state index in [-0.39, 0.29) is 11.7 Å². The molecule has 0 saturated heterocycles. The monoisotopic (exact) mass is 346 g/mol. The summed E-state index contributed by atoms with van der Waals surface area (Å²) in [5.74, 6) is 1.83. The van der Waals surface area contributed by atoms with Crippen LogP contribution in [0.15, 0.2) is 66.0 Å². The molecule has 4 nitrogen and oxygen atoms in total. The van der Waals surface area contributed by atoms with Gasteiger partial charge in [0.1, 0.15) is 29.3 Å². The number of hydrogen-bond acceptors (Lipinski definition) is 4. The van der Waals surface area contributed by atoms with E-state index in [1.165, 1.54) is 0 Å².